The fourth-order valence-electron chi connectivity index (χ4n) is 4.80. The number of anilines is 1. The normalized spacial score (nSPS) is 21.3. The molecule has 0 amide bonds. The summed E-state index contributed by atoms with van der Waals surface area (Å²) in [6.07, 6.45) is -0.114. The Bertz CT molecular complexity index is 1170. The highest BCUT2D eigenvalue weighted by atomic mass is 16.5. The number of rotatable bonds is 5. The van der Waals surface area contributed by atoms with Gasteiger partial charge in [0.1, 0.15) is 11.9 Å². The fourth-order valence-corrected chi connectivity index (χ4v) is 4.80. The van der Waals surface area contributed by atoms with Gasteiger partial charge in [-0.2, -0.15) is 0 Å². The number of hydrogen-bond donors (Lipinski definition) is 1. The molecule has 1 saturated heterocycles. The number of aromatic nitrogens is 2. The molecule has 172 valence electrons. The van der Waals surface area contributed by atoms with Gasteiger partial charge in [-0.05, 0) is 29.8 Å². The van der Waals surface area contributed by atoms with Gasteiger partial charge in [0.2, 0.25) is 11.9 Å². The molecule has 33 heavy (non-hydrogen) atoms. The molecule has 0 unspecified atom stereocenters. The molecule has 3 aromatic rings. The number of methoxy groups -OCH3 is 1. The van der Waals surface area contributed by atoms with Crippen molar-refractivity contribution in [2.45, 2.75) is 6.17 Å². The lowest BCUT2D eigenvalue weighted by molar-refractivity contribution is 0.0334. The smallest absolute Gasteiger partial charge is 0.216 e. The molecule has 4 heterocycles. The zero-order chi connectivity index (χ0) is 22.2. The van der Waals surface area contributed by atoms with Crippen LogP contribution in [0.3, 0.4) is 0 Å². The molecule has 3 aliphatic heterocycles. The maximum absolute atomic E-state index is 5.49. The first-order chi connectivity index (χ1) is 16.3. The van der Waals surface area contributed by atoms with Crippen molar-refractivity contribution in [2.24, 2.45) is 4.99 Å². The van der Waals surface area contributed by atoms with Crippen molar-refractivity contribution >= 4 is 22.9 Å². The molecular weight excluding hydrogens is 418 g/mol. The molecule has 0 aliphatic carbocycles. The number of ether oxygens (including phenoxy) is 2. The standard InChI is InChI=1S/C24H29N7O2/c1-32-19-6-4-5-18(15-19)22-27-23-25-16-29(10-9-28-11-13-33-14-12-28)17-30(23)24-26-20-7-2-3-8-21(20)31(22)24/h2-8,15,22H,9-14,16-17H2,1H3,(H,25,27)/t22-/m1/s1. The summed E-state index contributed by atoms with van der Waals surface area (Å²) in [6.45, 7) is 7.09. The first-order valence-electron chi connectivity index (χ1n) is 11.5. The van der Waals surface area contributed by atoms with Crippen LogP contribution < -0.4 is 15.0 Å². The summed E-state index contributed by atoms with van der Waals surface area (Å²) in [5.41, 5.74) is 3.18. The van der Waals surface area contributed by atoms with E-state index in [2.05, 4.69) is 54.9 Å². The summed E-state index contributed by atoms with van der Waals surface area (Å²) in [6, 6.07) is 16.5. The third kappa shape index (κ3) is 3.82. The summed E-state index contributed by atoms with van der Waals surface area (Å²) in [5.74, 6) is 2.62. The molecule has 9 nitrogen and oxygen atoms in total. The number of benzene rings is 2. The van der Waals surface area contributed by atoms with Crippen LogP contribution in [0.25, 0.3) is 11.0 Å². The van der Waals surface area contributed by atoms with E-state index in [0.29, 0.717) is 6.67 Å². The van der Waals surface area contributed by atoms with Gasteiger partial charge in [0, 0.05) is 26.2 Å². The molecule has 1 N–H and O–H groups in total. The average molecular weight is 448 g/mol. The fraction of sp³-hybridized carbons (Fsp3) is 0.417. The minimum Gasteiger partial charge on any atom is -0.497 e. The Labute approximate surface area is 193 Å². The van der Waals surface area contributed by atoms with Crippen molar-refractivity contribution in [1.82, 2.24) is 24.7 Å². The van der Waals surface area contributed by atoms with E-state index in [0.717, 1.165) is 80.3 Å². The second-order valence-corrected chi connectivity index (χ2v) is 8.64. The van der Waals surface area contributed by atoms with Gasteiger partial charge >= 0.3 is 0 Å². The second kappa shape index (κ2) is 8.66. The van der Waals surface area contributed by atoms with E-state index in [1.807, 2.05) is 18.2 Å². The van der Waals surface area contributed by atoms with Crippen molar-refractivity contribution in [2.75, 3.05) is 64.7 Å². The number of para-hydroxylation sites is 2. The maximum atomic E-state index is 5.49. The van der Waals surface area contributed by atoms with Gasteiger partial charge in [-0.15, -0.1) is 0 Å². The Morgan fingerprint density at radius 1 is 1.06 bits per heavy atom. The number of nitrogens with zero attached hydrogens (tertiary/aromatic N) is 6. The molecule has 1 fully saturated rings. The van der Waals surface area contributed by atoms with E-state index < -0.39 is 0 Å². The summed E-state index contributed by atoms with van der Waals surface area (Å²) in [5, 5.41) is 3.67. The quantitative estimate of drug-likeness (QED) is 0.641. The molecule has 3 aliphatic rings. The summed E-state index contributed by atoms with van der Waals surface area (Å²) in [4.78, 5) is 17.0. The van der Waals surface area contributed by atoms with Crippen molar-refractivity contribution in [3.63, 3.8) is 0 Å². The van der Waals surface area contributed by atoms with Gasteiger partial charge in [-0.3, -0.25) is 19.3 Å². The zero-order valence-electron chi connectivity index (χ0n) is 18.9. The Morgan fingerprint density at radius 2 is 1.91 bits per heavy atom. The van der Waals surface area contributed by atoms with Crippen LogP contribution in [-0.4, -0.2) is 85.2 Å². The predicted molar refractivity (Wildman–Crippen MR) is 128 cm³/mol. The summed E-state index contributed by atoms with van der Waals surface area (Å²) < 4.78 is 13.2. The SMILES string of the molecule is COc1cccc([C@@H]2NC3=NCN(CCN4CCOCC4)CN3c3nc4ccccc4n32)c1. The maximum Gasteiger partial charge on any atom is 0.216 e. The largest absolute Gasteiger partial charge is 0.497 e. The Morgan fingerprint density at radius 3 is 2.79 bits per heavy atom. The van der Waals surface area contributed by atoms with Crippen LogP contribution in [-0.2, 0) is 4.74 Å². The lowest BCUT2D eigenvalue weighted by Gasteiger charge is -2.42. The van der Waals surface area contributed by atoms with Crippen LogP contribution in [0.15, 0.2) is 53.5 Å². The second-order valence-electron chi connectivity index (χ2n) is 8.64. The van der Waals surface area contributed by atoms with Crippen molar-refractivity contribution in [1.29, 1.82) is 0 Å². The number of morpholine rings is 1. The Hall–Kier alpha value is -3.14. The molecule has 0 bridgehead atoms. The highest BCUT2D eigenvalue weighted by Gasteiger charge is 2.36. The van der Waals surface area contributed by atoms with Crippen LogP contribution in [0.1, 0.15) is 11.7 Å². The number of fused-ring (bicyclic) bond motifs is 5. The molecular formula is C24H29N7O2. The number of guanidine groups is 1. The molecule has 1 aromatic heterocycles. The van der Waals surface area contributed by atoms with Gasteiger partial charge in [-0.25, -0.2) is 9.98 Å². The van der Waals surface area contributed by atoms with Gasteiger partial charge < -0.3 is 14.8 Å². The molecule has 9 heteroatoms. The number of aliphatic imine (C=N–C) groups is 1. The van der Waals surface area contributed by atoms with E-state index in [4.69, 9.17) is 19.5 Å². The van der Waals surface area contributed by atoms with Crippen LogP contribution in [0.5, 0.6) is 5.75 Å². The van der Waals surface area contributed by atoms with Crippen LogP contribution in [0.4, 0.5) is 5.95 Å². The van der Waals surface area contributed by atoms with Crippen molar-refractivity contribution in [3.8, 4) is 5.75 Å². The van der Waals surface area contributed by atoms with Gasteiger partial charge in [0.25, 0.3) is 0 Å². The molecule has 0 saturated carbocycles. The molecule has 1 atom stereocenters. The Balaban J connectivity index is 1.32. The lowest BCUT2D eigenvalue weighted by Crippen LogP contribution is -2.58. The molecule has 2 aromatic carbocycles. The first kappa shape index (κ1) is 20.5. The third-order valence-electron chi connectivity index (χ3n) is 6.61. The first-order valence-corrected chi connectivity index (χ1v) is 11.5. The van der Waals surface area contributed by atoms with E-state index in [1.54, 1.807) is 7.11 Å². The molecule has 0 radical (unpaired) electrons. The molecule has 6 rings (SSSR count). The highest BCUT2D eigenvalue weighted by molar-refractivity contribution is 5.98. The van der Waals surface area contributed by atoms with Gasteiger partial charge in [0.05, 0.1) is 44.7 Å². The Kier molecular flexibility index (Phi) is 5.37. The van der Waals surface area contributed by atoms with Crippen molar-refractivity contribution in [3.05, 3.63) is 54.1 Å². The minimum absolute atomic E-state index is 0.114. The van der Waals surface area contributed by atoms with E-state index in [-0.39, 0.29) is 6.17 Å². The zero-order valence-corrected chi connectivity index (χ0v) is 18.9. The topological polar surface area (TPSA) is 70.4 Å². The van der Waals surface area contributed by atoms with Gasteiger partial charge in [-0.1, -0.05) is 24.3 Å². The number of imidazole rings is 1. The minimum atomic E-state index is -0.114. The predicted octanol–water partition coefficient (Wildman–Crippen LogP) is 1.92. The van der Waals surface area contributed by atoms with Crippen LogP contribution >= 0.6 is 0 Å². The van der Waals surface area contributed by atoms with Crippen molar-refractivity contribution < 1.29 is 9.47 Å². The third-order valence-corrected chi connectivity index (χ3v) is 6.61. The molecule has 0 spiro atoms. The number of nitrogens with one attached hydrogen (secondary N) is 1. The van der Waals surface area contributed by atoms with Gasteiger partial charge in [0.15, 0.2) is 0 Å². The summed E-state index contributed by atoms with van der Waals surface area (Å²) in [7, 11) is 1.70. The lowest BCUT2D eigenvalue weighted by atomic mass is 10.1. The van der Waals surface area contributed by atoms with E-state index in [9.17, 15) is 0 Å². The van der Waals surface area contributed by atoms with E-state index >= 15 is 0 Å². The highest BCUT2D eigenvalue weighted by Crippen LogP contribution is 2.34. The monoisotopic (exact) mass is 447 g/mol. The average Bonchev–Trinajstić information content (AvgIpc) is 3.28. The van der Waals surface area contributed by atoms with E-state index in [1.165, 1.54) is 0 Å². The summed E-state index contributed by atoms with van der Waals surface area (Å²) >= 11 is 0. The number of hydrogen-bond acceptors (Lipinski definition) is 8. The van der Waals surface area contributed by atoms with Crippen LogP contribution in [0.2, 0.25) is 0 Å². The van der Waals surface area contributed by atoms with Crippen LogP contribution in [0, 0.1) is 0 Å².